The van der Waals surface area contributed by atoms with E-state index in [0.717, 1.165) is 6.07 Å². The highest BCUT2D eigenvalue weighted by Crippen LogP contribution is 2.30. The van der Waals surface area contributed by atoms with E-state index in [2.05, 4.69) is 25.2 Å². The molecular weight excluding hydrogens is 480 g/mol. The molecule has 2 amide bonds. The van der Waals surface area contributed by atoms with Crippen molar-refractivity contribution in [2.75, 3.05) is 31.1 Å². The third kappa shape index (κ3) is 4.53. The second-order valence-electron chi connectivity index (χ2n) is 8.31. The Morgan fingerprint density at radius 1 is 1.06 bits per heavy atom. The number of hydrogen-bond acceptors (Lipinski definition) is 7. The minimum atomic E-state index is -0.688. The van der Waals surface area contributed by atoms with Gasteiger partial charge in [-0.3, -0.25) is 0 Å². The SMILES string of the molecule is Cc1nc(C)n(-c2nc(N3CCN(C(=O)N4N=CCC4c4cc(F)cc(F)c4)CC3)ncc2Cl)n1. The van der Waals surface area contributed by atoms with Gasteiger partial charge in [-0.1, -0.05) is 11.6 Å². The van der Waals surface area contributed by atoms with Crippen molar-refractivity contribution < 1.29 is 13.6 Å². The molecular formula is C22H22ClF2N9O. The van der Waals surface area contributed by atoms with Crippen molar-refractivity contribution in [2.45, 2.75) is 26.3 Å². The van der Waals surface area contributed by atoms with Gasteiger partial charge >= 0.3 is 6.03 Å². The van der Waals surface area contributed by atoms with Crippen molar-refractivity contribution in [3.63, 3.8) is 0 Å². The molecule has 1 aromatic carbocycles. The number of hydrazone groups is 1. The molecule has 2 aromatic heterocycles. The minimum absolute atomic E-state index is 0.320. The van der Waals surface area contributed by atoms with Crippen LogP contribution >= 0.6 is 11.6 Å². The van der Waals surface area contributed by atoms with Gasteiger partial charge in [0.2, 0.25) is 5.95 Å². The molecule has 0 bridgehead atoms. The normalized spacial score (nSPS) is 18.0. The highest BCUT2D eigenvalue weighted by molar-refractivity contribution is 6.32. The summed E-state index contributed by atoms with van der Waals surface area (Å²) in [4.78, 5) is 30.0. The molecule has 1 atom stereocenters. The number of urea groups is 1. The van der Waals surface area contributed by atoms with Crippen molar-refractivity contribution in [1.29, 1.82) is 0 Å². The highest BCUT2D eigenvalue weighted by atomic mass is 35.5. The lowest BCUT2D eigenvalue weighted by atomic mass is 10.0. The summed E-state index contributed by atoms with van der Waals surface area (Å²) in [7, 11) is 0. The molecule has 0 radical (unpaired) electrons. The number of halogens is 3. The van der Waals surface area contributed by atoms with Crippen LogP contribution in [0.4, 0.5) is 19.5 Å². The fourth-order valence-electron chi connectivity index (χ4n) is 4.26. The summed E-state index contributed by atoms with van der Waals surface area (Å²) in [6.07, 6.45) is 3.49. The molecule has 182 valence electrons. The van der Waals surface area contributed by atoms with Gasteiger partial charge in [0.25, 0.3) is 0 Å². The van der Waals surface area contributed by atoms with E-state index in [-0.39, 0.29) is 6.03 Å². The van der Waals surface area contributed by atoms with Crippen LogP contribution in [0.3, 0.4) is 0 Å². The molecule has 10 nitrogen and oxygen atoms in total. The third-order valence-corrected chi connectivity index (χ3v) is 6.18. The van der Waals surface area contributed by atoms with Crippen LogP contribution in [-0.4, -0.2) is 73.1 Å². The molecule has 0 N–H and O–H groups in total. The molecule has 0 spiro atoms. The summed E-state index contributed by atoms with van der Waals surface area (Å²) in [5.41, 5.74) is 0.368. The van der Waals surface area contributed by atoms with Crippen LogP contribution in [0.15, 0.2) is 29.5 Å². The van der Waals surface area contributed by atoms with Gasteiger partial charge in [0.15, 0.2) is 5.82 Å². The van der Waals surface area contributed by atoms with Gasteiger partial charge in [0.05, 0.1) is 12.2 Å². The molecule has 0 saturated carbocycles. The van der Waals surface area contributed by atoms with Gasteiger partial charge in [0, 0.05) is 44.9 Å². The standard InChI is InChI=1S/C22H22ClF2N9O/c1-13-28-14(2)33(30-13)20-18(23)12-26-21(29-20)31-5-7-32(8-6-31)22(35)34-19(3-4-27-34)15-9-16(24)11-17(25)10-15/h4,9-12,19H,3,5-8H2,1-2H3. The average molecular weight is 502 g/mol. The second kappa shape index (κ2) is 9.17. The first-order valence-electron chi connectivity index (χ1n) is 11.0. The van der Waals surface area contributed by atoms with E-state index in [1.165, 1.54) is 23.3 Å². The van der Waals surface area contributed by atoms with Crippen molar-refractivity contribution >= 4 is 29.8 Å². The van der Waals surface area contributed by atoms with Crippen LogP contribution in [-0.2, 0) is 0 Å². The number of carbonyl (C=O) groups excluding carboxylic acids is 1. The zero-order valence-electron chi connectivity index (χ0n) is 19.1. The van der Waals surface area contributed by atoms with Gasteiger partial charge < -0.3 is 9.80 Å². The Hall–Kier alpha value is -3.67. The Kier molecular flexibility index (Phi) is 6.05. The Labute approximate surface area is 204 Å². The van der Waals surface area contributed by atoms with E-state index in [1.54, 1.807) is 22.7 Å². The Bertz CT molecular complexity index is 1290. The van der Waals surface area contributed by atoms with Crippen LogP contribution in [0.2, 0.25) is 5.02 Å². The lowest BCUT2D eigenvalue weighted by molar-refractivity contribution is 0.139. The number of piperazine rings is 1. The monoisotopic (exact) mass is 501 g/mol. The molecule has 1 unspecified atom stereocenters. The average Bonchev–Trinajstić information content (AvgIpc) is 3.44. The Morgan fingerprint density at radius 2 is 1.77 bits per heavy atom. The molecule has 2 aliphatic heterocycles. The quantitative estimate of drug-likeness (QED) is 0.546. The molecule has 3 aromatic rings. The van der Waals surface area contributed by atoms with E-state index >= 15 is 0 Å². The first-order valence-corrected chi connectivity index (χ1v) is 11.4. The maximum Gasteiger partial charge on any atom is 0.341 e. The predicted molar refractivity (Wildman–Crippen MR) is 125 cm³/mol. The number of anilines is 1. The molecule has 1 fully saturated rings. The lowest BCUT2D eigenvalue weighted by Crippen LogP contribution is -2.52. The molecule has 2 aliphatic rings. The largest absolute Gasteiger partial charge is 0.341 e. The number of hydrogen-bond donors (Lipinski definition) is 0. The number of aryl methyl sites for hydroxylation is 2. The predicted octanol–water partition coefficient (Wildman–Crippen LogP) is 3.28. The lowest BCUT2D eigenvalue weighted by Gasteiger charge is -2.37. The maximum absolute atomic E-state index is 13.7. The Morgan fingerprint density at radius 3 is 2.43 bits per heavy atom. The summed E-state index contributed by atoms with van der Waals surface area (Å²) >= 11 is 6.32. The van der Waals surface area contributed by atoms with Gasteiger partial charge in [0.1, 0.15) is 28.3 Å². The summed E-state index contributed by atoms with van der Waals surface area (Å²) in [6, 6.07) is 2.39. The van der Waals surface area contributed by atoms with E-state index in [4.69, 9.17) is 11.6 Å². The number of carbonyl (C=O) groups is 1. The van der Waals surface area contributed by atoms with E-state index in [1.807, 2.05) is 11.8 Å². The highest BCUT2D eigenvalue weighted by Gasteiger charge is 2.34. The molecule has 0 aliphatic carbocycles. The van der Waals surface area contributed by atoms with Crippen molar-refractivity contribution in [1.82, 2.24) is 34.6 Å². The van der Waals surface area contributed by atoms with Crippen LogP contribution in [0, 0.1) is 25.5 Å². The van der Waals surface area contributed by atoms with Crippen LogP contribution in [0.25, 0.3) is 5.82 Å². The second-order valence-corrected chi connectivity index (χ2v) is 8.72. The number of aromatic nitrogens is 5. The molecule has 13 heteroatoms. The van der Waals surface area contributed by atoms with E-state index < -0.39 is 17.7 Å². The number of nitrogens with zero attached hydrogens (tertiary/aromatic N) is 9. The van der Waals surface area contributed by atoms with Crippen molar-refractivity contribution in [3.8, 4) is 5.82 Å². The Balaban J connectivity index is 1.28. The van der Waals surface area contributed by atoms with E-state index in [9.17, 15) is 13.6 Å². The third-order valence-electron chi connectivity index (χ3n) is 5.92. The summed E-state index contributed by atoms with van der Waals surface area (Å²) in [6.45, 7) is 5.37. The van der Waals surface area contributed by atoms with Gasteiger partial charge in [-0.05, 0) is 31.5 Å². The fourth-order valence-corrected chi connectivity index (χ4v) is 4.43. The number of amides is 2. The van der Waals surface area contributed by atoms with Crippen LogP contribution in [0.5, 0.6) is 0 Å². The molecule has 35 heavy (non-hydrogen) atoms. The first-order chi connectivity index (χ1) is 16.8. The zero-order valence-corrected chi connectivity index (χ0v) is 19.8. The van der Waals surface area contributed by atoms with Gasteiger partial charge in [-0.15, -0.1) is 5.10 Å². The van der Waals surface area contributed by atoms with Crippen molar-refractivity contribution in [2.24, 2.45) is 5.10 Å². The van der Waals surface area contributed by atoms with Crippen LogP contribution in [0.1, 0.15) is 29.7 Å². The first kappa shape index (κ1) is 23.1. The minimum Gasteiger partial charge on any atom is -0.337 e. The van der Waals surface area contributed by atoms with Crippen LogP contribution < -0.4 is 4.90 Å². The molecule has 4 heterocycles. The van der Waals surface area contributed by atoms with E-state index in [0.29, 0.717) is 66.6 Å². The molecule has 1 saturated heterocycles. The summed E-state index contributed by atoms with van der Waals surface area (Å²) in [5, 5.41) is 10.2. The van der Waals surface area contributed by atoms with Gasteiger partial charge in [-0.25, -0.2) is 28.6 Å². The molecule has 5 rings (SSSR count). The fraction of sp³-hybridized carbons (Fsp3) is 0.364. The van der Waals surface area contributed by atoms with Crippen molar-refractivity contribution in [3.05, 3.63) is 58.3 Å². The summed E-state index contributed by atoms with van der Waals surface area (Å²) in [5.74, 6) is 0.789. The maximum atomic E-state index is 13.7. The summed E-state index contributed by atoms with van der Waals surface area (Å²) < 4.78 is 29.0. The smallest absolute Gasteiger partial charge is 0.337 e. The van der Waals surface area contributed by atoms with Gasteiger partial charge in [-0.2, -0.15) is 14.8 Å². The topological polar surface area (TPSA) is 95.6 Å². The zero-order chi connectivity index (χ0) is 24.7. The number of benzene rings is 1. The number of rotatable bonds is 3.